The number of rotatable bonds is 5. The summed E-state index contributed by atoms with van der Waals surface area (Å²) in [5.41, 5.74) is 13.1. The normalized spacial score (nSPS) is 12.3. The van der Waals surface area contributed by atoms with Gasteiger partial charge >= 0.3 is 0 Å². The third-order valence-electron chi connectivity index (χ3n) is 10.0. The lowest BCUT2D eigenvalue weighted by molar-refractivity contribution is 0.667. The predicted octanol–water partition coefficient (Wildman–Crippen LogP) is 14.0. The van der Waals surface area contributed by atoms with Gasteiger partial charge in [0.05, 0.1) is 0 Å². The molecule has 2 heteroatoms. The molecule has 234 valence electrons. The molecule has 0 aliphatic heterocycles. The number of hydrogen-bond acceptors (Lipinski definition) is 2. The molecule has 0 spiro atoms. The molecular formula is C47H34O2. The first-order valence-electron chi connectivity index (χ1n) is 16.8. The van der Waals surface area contributed by atoms with Gasteiger partial charge in [0.2, 0.25) is 0 Å². The number of fused-ring (bicyclic) bond motifs is 8. The molecule has 0 amide bonds. The summed E-state index contributed by atoms with van der Waals surface area (Å²) in [5, 5.41) is 9.38. The van der Waals surface area contributed by atoms with Crippen LogP contribution in [0, 0.1) is 13.8 Å². The summed E-state index contributed by atoms with van der Waals surface area (Å²) in [6.45, 7) is 10.2. The van der Waals surface area contributed by atoms with Crippen molar-refractivity contribution in [3.63, 3.8) is 0 Å². The van der Waals surface area contributed by atoms with Crippen LogP contribution in [0.5, 0.6) is 0 Å². The molecule has 0 saturated heterocycles. The highest BCUT2D eigenvalue weighted by Crippen LogP contribution is 2.46. The van der Waals surface area contributed by atoms with E-state index >= 15 is 0 Å². The Hall–Kier alpha value is -6.12. The molecule has 0 fully saturated rings. The largest absolute Gasteiger partial charge is 0.456 e. The number of furan rings is 2. The minimum absolute atomic E-state index is 0.885. The van der Waals surface area contributed by atoms with Gasteiger partial charge in [-0.25, -0.2) is 0 Å². The Morgan fingerprint density at radius 1 is 0.510 bits per heavy atom. The second kappa shape index (κ2) is 11.2. The van der Waals surface area contributed by atoms with E-state index in [0.29, 0.717) is 0 Å². The number of allylic oxidation sites excluding steroid dienone is 3. The van der Waals surface area contributed by atoms with Crippen LogP contribution in [0.15, 0.2) is 143 Å². The Morgan fingerprint density at radius 2 is 1.08 bits per heavy atom. The zero-order valence-corrected chi connectivity index (χ0v) is 27.8. The zero-order chi connectivity index (χ0) is 33.2. The molecule has 9 rings (SSSR count). The second-order valence-corrected chi connectivity index (χ2v) is 12.9. The minimum Gasteiger partial charge on any atom is -0.456 e. The van der Waals surface area contributed by atoms with Crippen molar-refractivity contribution in [1.82, 2.24) is 0 Å². The summed E-state index contributed by atoms with van der Waals surface area (Å²) >= 11 is 0. The van der Waals surface area contributed by atoms with Crippen LogP contribution in [0.25, 0.3) is 99.8 Å². The molecule has 9 aromatic rings. The van der Waals surface area contributed by atoms with Crippen LogP contribution in [-0.4, -0.2) is 0 Å². The van der Waals surface area contributed by atoms with Crippen LogP contribution in [0.3, 0.4) is 0 Å². The number of hydrogen-bond donors (Lipinski definition) is 0. The van der Waals surface area contributed by atoms with Gasteiger partial charge in [-0.05, 0) is 118 Å². The van der Waals surface area contributed by atoms with E-state index in [9.17, 15) is 0 Å². The van der Waals surface area contributed by atoms with Crippen molar-refractivity contribution in [3.8, 4) is 22.3 Å². The van der Waals surface area contributed by atoms with E-state index in [1.165, 1.54) is 60.5 Å². The van der Waals surface area contributed by atoms with Crippen LogP contribution in [0.4, 0.5) is 0 Å². The maximum Gasteiger partial charge on any atom is 0.142 e. The van der Waals surface area contributed by atoms with Gasteiger partial charge in [-0.15, -0.1) is 0 Å². The summed E-state index contributed by atoms with van der Waals surface area (Å²) in [6, 6.07) is 39.7. The van der Waals surface area contributed by atoms with E-state index < -0.39 is 0 Å². The fourth-order valence-corrected chi connectivity index (χ4v) is 7.69. The van der Waals surface area contributed by atoms with Crippen LogP contribution in [-0.2, 0) is 0 Å². The van der Waals surface area contributed by atoms with E-state index in [4.69, 9.17) is 8.83 Å². The Kier molecular flexibility index (Phi) is 6.67. The highest BCUT2D eigenvalue weighted by Gasteiger charge is 2.20. The topological polar surface area (TPSA) is 26.3 Å². The first-order chi connectivity index (χ1) is 24.0. The molecule has 49 heavy (non-hydrogen) atoms. The van der Waals surface area contributed by atoms with E-state index in [-0.39, 0.29) is 0 Å². The third-order valence-corrected chi connectivity index (χ3v) is 10.0. The number of aryl methyl sites for hydroxylation is 2. The van der Waals surface area contributed by atoms with Crippen LogP contribution < -0.4 is 0 Å². The van der Waals surface area contributed by atoms with Gasteiger partial charge < -0.3 is 8.83 Å². The summed E-state index contributed by atoms with van der Waals surface area (Å²) in [4.78, 5) is 0. The lowest BCUT2D eigenvalue weighted by Crippen LogP contribution is -1.90. The standard InChI is InChI=1S/C47H34O2/c1-5-7-13-33-28(3)18-21-38-39-26-31(20-23-43(39)49-47(33)38)45-34-14-8-10-16-36(34)46(37-17-11-9-15-35(37)45)32-19-22-42-40(27-32)41-25-30(12-6-2)29(4)24-44(41)48-42/h5-27H,1H2,2-4H3/b12-6-,13-7-. The fraction of sp³-hybridized carbons (Fsp3) is 0.0638. The Labute approximate surface area is 284 Å². The Morgan fingerprint density at radius 3 is 1.67 bits per heavy atom. The predicted molar refractivity (Wildman–Crippen MR) is 210 cm³/mol. The van der Waals surface area contributed by atoms with Gasteiger partial charge in [-0.2, -0.15) is 0 Å². The lowest BCUT2D eigenvalue weighted by Gasteiger charge is -2.18. The molecule has 2 nitrogen and oxygen atoms in total. The molecule has 2 heterocycles. The molecule has 0 saturated carbocycles. The molecule has 0 unspecified atom stereocenters. The summed E-state index contributed by atoms with van der Waals surface area (Å²) in [6.07, 6.45) is 10.1. The molecule has 0 N–H and O–H groups in total. The Bertz CT molecular complexity index is 2810. The number of benzene rings is 7. The molecule has 0 atom stereocenters. The van der Waals surface area contributed by atoms with Crippen molar-refractivity contribution < 1.29 is 8.83 Å². The average Bonchev–Trinajstić information content (AvgIpc) is 3.67. The minimum atomic E-state index is 0.885. The quantitative estimate of drug-likeness (QED) is 0.140. The van der Waals surface area contributed by atoms with Crippen LogP contribution in [0.1, 0.15) is 29.2 Å². The van der Waals surface area contributed by atoms with E-state index in [1.807, 2.05) is 6.08 Å². The smallest absolute Gasteiger partial charge is 0.142 e. The maximum absolute atomic E-state index is 6.49. The SMILES string of the molecule is C=C/C=C\c1c(C)ccc2c1oc1ccc(-c3c4ccccc4c(-c4ccc5oc6cc(C)c(/C=C\C)cc6c5c4)c4ccccc34)cc12. The van der Waals surface area contributed by atoms with Gasteiger partial charge in [0.1, 0.15) is 22.3 Å². The monoisotopic (exact) mass is 630 g/mol. The van der Waals surface area contributed by atoms with Gasteiger partial charge in [0, 0.05) is 27.1 Å². The van der Waals surface area contributed by atoms with Gasteiger partial charge in [0.25, 0.3) is 0 Å². The van der Waals surface area contributed by atoms with Crippen molar-refractivity contribution in [1.29, 1.82) is 0 Å². The van der Waals surface area contributed by atoms with Crippen LogP contribution >= 0.6 is 0 Å². The third kappa shape index (κ3) is 4.48. The summed E-state index contributed by atoms with van der Waals surface area (Å²) < 4.78 is 12.9. The van der Waals surface area contributed by atoms with Crippen molar-refractivity contribution >= 4 is 77.6 Å². The maximum atomic E-state index is 6.49. The highest BCUT2D eigenvalue weighted by atomic mass is 16.3. The molecule has 7 aromatic carbocycles. The molecule has 0 radical (unpaired) electrons. The van der Waals surface area contributed by atoms with Crippen molar-refractivity contribution in [2.75, 3.05) is 0 Å². The molecular weight excluding hydrogens is 597 g/mol. The molecule has 0 bridgehead atoms. The molecule has 0 aliphatic carbocycles. The first-order valence-corrected chi connectivity index (χ1v) is 16.8. The summed E-state index contributed by atoms with van der Waals surface area (Å²) in [7, 11) is 0. The molecule has 0 aliphatic rings. The second-order valence-electron chi connectivity index (χ2n) is 12.9. The Balaban J connectivity index is 1.31. The summed E-state index contributed by atoms with van der Waals surface area (Å²) in [5.74, 6) is 0. The van der Waals surface area contributed by atoms with Crippen molar-refractivity contribution in [2.24, 2.45) is 0 Å². The van der Waals surface area contributed by atoms with E-state index in [2.05, 4.69) is 155 Å². The van der Waals surface area contributed by atoms with Gasteiger partial charge in [-0.3, -0.25) is 0 Å². The van der Waals surface area contributed by atoms with Crippen molar-refractivity contribution in [2.45, 2.75) is 20.8 Å². The van der Waals surface area contributed by atoms with E-state index in [1.54, 1.807) is 6.08 Å². The fourth-order valence-electron chi connectivity index (χ4n) is 7.69. The molecule has 2 aromatic heterocycles. The van der Waals surface area contributed by atoms with Gasteiger partial charge in [0.15, 0.2) is 0 Å². The average molecular weight is 631 g/mol. The van der Waals surface area contributed by atoms with Gasteiger partial charge in [-0.1, -0.05) is 110 Å². The lowest BCUT2D eigenvalue weighted by atomic mass is 9.85. The first kappa shape index (κ1) is 29.1. The zero-order valence-electron chi connectivity index (χ0n) is 27.8. The highest BCUT2D eigenvalue weighted by molar-refractivity contribution is 6.23. The van der Waals surface area contributed by atoms with E-state index in [0.717, 1.165) is 49.4 Å². The van der Waals surface area contributed by atoms with Crippen molar-refractivity contribution in [3.05, 3.63) is 156 Å². The van der Waals surface area contributed by atoms with Crippen LogP contribution in [0.2, 0.25) is 0 Å².